The Morgan fingerprint density at radius 1 is 1.32 bits per heavy atom. The van der Waals surface area contributed by atoms with Gasteiger partial charge in [-0.15, -0.1) is 0 Å². The minimum absolute atomic E-state index is 0.164. The molecule has 0 aromatic carbocycles. The summed E-state index contributed by atoms with van der Waals surface area (Å²) in [5.74, 6) is 1.05. The van der Waals surface area contributed by atoms with Crippen molar-refractivity contribution >= 4 is 5.91 Å². The quantitative estimate of drug-likeness (QED) is 0.842. The Morgan fingerprint density at radius 2 is 2.09 bits per heavy atom. The van der Waals surface area contributed by atoms with E-state index in [1.807, 2.05) is 18.7 Å². The molecule has 2 saturated heterocycles. The van der Waals surface area contributed by atoms with E-state index in [1.54, 1.807) is 0 Å². The maximum absolute atomic E-state index is 12.4. The van der Waals surface area contributed by atoms with Crippen molar-refractivity contribution in [1.82, 2.24) is 20.3 Å². The number of ether oxygens (including phenoxy) is 1. The number of carbonyl (C=O) groups is 1. The van der Waals surface area contributed by atoms with Crippen molar-refractivity contribution in [2.75, 3.05) is 45.9 Å². The van der Waals surface area contributed by atoms with Crippen LogP contribution in [-0.4, -0.2) is 72.8 Å². The molecule has 1 aromatic heterocycles. The molecule has 0 unspecified atom stereocenters. The number of hydrogen-bond acceptors (Lipinski definition) is 6. The van der Waals surface area contributed by atoms with Crippen molar-refractivity contribution < 1.29 is 14.1 Å². The van der Waals surface area contributed by atoms with E-state index in [4.69, 9.17) is 9.26 Å². The zero-order valence-corrected chi connectivity index (χ0v) is 13.3. The summed E-state index contributed by atoms with van der Waals surface area (Å²) in [6, 6.07) is -0.178. The summed E-state index contributed by atoms with van der Waals surface area (Å²) in [5.41, 5.74) is 2.13. The Morgan fingerprint density at radius 3 is 2.68 bits per heavy atom. The van der Waals surface area contributed by atoms with Gasteiger partial charge in [0, 0.05) is 44.8 Å². The van der Waals surface area contributed by atoms with E-state index in [0.29, 0.717) is 13.2 Å². The van der Waals surface area contributed by atoms with Gasteiger partial charge in [-0.2, -0.15) is 0 Å². The van der Waals surface area contributed by atoms with Gasteiger partial charge in [0.1, 0.15) is 11.8 Å². The number of piperazine rings is 1. The Balaban J connectivity index is 1.51. The van der Waals surface area contributed by atoms with Gasteiger partial charge in [-0.1, -0.05) is 5.16 Å². The SMILES string of the molecule is Cc1noc(C)c1CN1CCN(C(=O)[C@H]2COCCN2)CC1. The van der Waals surface area contributed by atoms with E-state index in [9.17, 15) is 4.79 Å². The largest absolute Gasteiger partial charge is 0.378 e. The average molecular weight is 308 g/mol. The summed E-state index contributed by atoms with van der Waals surface area (Å²) in [4.78, 5) is 16.7. The lowest BCUT2D eigenvalue weighted by Crippen LogP contribution is -2.57. The van der Waals surface area contributed by atoms with Crippen LogP contribution in [0.15, 0.2) is 4.52 Å². The highest BCUT2D eigenvalue weighted by atomic mass is 16.5. The molecule has 0 spiro atoms. The highest BCUT2D eigenvalue weighted by molar-refractivity contribution is 5.82. The molecule has 22 heavy (non-hydrogen) atoms. The number of rotatable bonds is 3. The first-order valence-corrected chi connectivity index (χ1v) is 7.89. The van der Waals surface area contributed by atoms with Crippen molar-refractivity contribution in [3.8, 4) is 0 Å². The molecule has 7 nitrogen and oxygen atoms in total. The number of carbonyl (C=O) groups excluding carboxylic acids is 1. The van der Waals surface area contributed by atoms with Crippen LogP contribution in [0.4, 0.5) is 0 Å². The summed E-state index contributed by atoms with van der Waals surface area (Å²) in [6.07, 6.45) is 0. The second kappa shape index (κ2) is 6.76. The smallest absolute Gasteiger partial charge is 0.242 e. The van der Waals surface area contributed by atoms with Gasteiger partial charge in [0.15, 0.2) is 0 Å². The van der Waals surface area contributed by atoms with Crippen molar-refractivity contribution in [1.29, 1.82) is 0 Å². The Kier molecular flexibility index (Phi) is 4.75. The second-order valence-electron chi connectivity index (χ2n) is 5.99. The van der Waals surface area contributed by atoms with Gasteiger partial charge in [-0.3, -0.25) is 9.69 Å². The van der Waals surface area contributed by atoms with Gasteiger partial charge in [0.2, 0.25) is 5.91 Å². The van der Waals surface area contributed by atoms with Crippen LogP contribution >= 0.6 is 0 Å². The predicted octanol–water partition coefficient (Wildman–Crippen LogP) is -0.0760. The van der Waals surface area contributed by atoms with Gasteiger partial charge < -0.3 is 19.5 Å². The molecular formula is C15H24N4O3. The summed E-state index contributed by atoms with van der Waals surface area (Å²) in [5, 5.41) is 7.23. The molecule has 7 heteroatoms. The average Bonchev–Trinajstić information content (AvgIpc) is 2.88. The molecule has 1 amide bonds. The molecule has 0 bridgehead atoms. The predicted molar refractivity (Wildman–Crippen MR) is 80.4 cm³/mol. The number of nitrogens with one attached hydrogen (secondary N) is 1. The van der Waals surface area contributed by atoms with Crippen molar-refractivity contribution in [3.63, 3.8) is 0 Å². The molecule has 122 valence electrons. The summed E-state index contributed by atoms with van der Waals surface area (Å²) in [6.45, 7) is 9.97. The molecular weight excluding hydrogens is 284 g/mol. The molecule has 1 N–H and O–H groups in total. The second-order valence-corrected chi connectivity index (χ2v) is 5.99. The lowest BCUT2D eigenvalue weighted by atomic mass is 10.1. The fourth-order valence-electron chi connectivity index (χ4n) is 3.02. The van der Waals surface area contributed by atoms with Crippen LogP contribution in [0.5, 0.6) is 0 Å². The van der Waals surface area contributed by atoms with Gasteiger partial charge in [0.25, 0.3) is 0 Å². The lowest BCUT2D eigenvalue weighted by Gasteiger charge is -2.37. The van der Waals surface area contributed by atoms with Gasteiger partial charge in [-0.05, 0) is 13.8 Å². The molecule has 1 atom stereocenters. The first-order valence-electron chi connectivity index (χ1n) is 7.89. The molecule has 3 rings (SSSR count). The first-order chi connectivity index (χ1) is 10.6. The van der Waals surface area contributed by atoms with Crippen LogP contribution in [0, 0.1) is 13.8 Å². The Bertz CT molecular complexity index is 497. The third kappa shape index (κ3) is 3.31. The first kappa shape index (κ1) is 15.5. The van der Waals surface area contributed by atoms with E-state index in [-0.39, 0.29) is 11.9 Å². The molecule has 2 aliphatic rings. The van der Waals surface area contributed by atoms with E-state index < -0.39 is 0 Å². The van der Waals surface area contributed by atoms with E-state index in [0.717, 1.165) is 50.7 Å². The molecule has 3 heterocycles. The summed E-state index contributed by atoms with van der Waals surface area (Å²) < 4.78 is 10.6. The van der Waals surface area contributed by atoms with Gasteiger partial charge >= 0.3 is 0 Å². The maximum Gasteiger partial charge on any atom is 0.242 e. The number of aromatic nitrogens is 1. The molecule has 0 saturated carbocycles. The Hall–Kier alpha value is -1.44. The fourth-order valence-corrected chi connectivity index (χ4v) is 3.02. The number of amides is 1. The van der Waals surface area contributed by atoms with Crippen LogP contribution in [0.25, 0.3) is 0 Å². The zero-order valence-electron chi connectivity index (χ0n) is 13.3. The molecule has 2 fully saturated rings. The summed E-state index contributed by atoms with van der Waals surface area (Å²) >= 11 is 0. The van der Waals surface area contributed by atoms with E-state index in [2.05, 4.69) is 15.4 Å². The number of morpholine rings is 1. The number of hydrogen-bond donors (Lipinski definition) is 1. The Labute approximate surface area is 130 Å². The zero-order chi connectivity index (χ0) is 15.5. The highest BCUT2D eigenvalue weighted by Gasteiger charge is 2.29. The van der Waals surface area contributed by atoms with Crippen molar-refractivity contribution in [2.45, 2.75) is 26.4 Å². The topological polar surface area (TPSA) is 70.8 Å². The van der Waals surface area contributed by atoms with Crippen molar-refractivity contribution in [3.05, 3.63) is 17.0 Å². The number of aryl methyl sites for hydroxylation is 2. The van der Waals surface area contributed by atoms with Crippen molar-refractivity contribution in [2.24, 2.45) is 0 Å². The van der Waals surface area contributed by atoms with Crippen LogP contribution in [0.2, 0.25) is 0 Å². The van der Waals surface area contributed by atoms with Gasteiger partial charge in [0.05, 0.1) is 18.9 Å². The summed E-state index contributed by atoms with van der Waals surface area (Å²) in [7, 11) is 0. The molecule has 1 aromatic rings. The van der Waals surface area contributed by atoms with Crippen LogP contribution in [0.1, 0.15) is 17.0 Å². The lowest BCUT2D eigenvalue weighted by molar-refractivity contribution is -0.138. The third-order valence-electron chi connectivity index (χ3n) is 4.47. The molecule has 0 aliphatic carbocycles. The minimum atomic E-state index is -0.178. The number of nitrogens with zero attached hydrogens (tertiary/aromatic N) is 3. The standard InChI is InChI=1S/C15H24N4O3/c1-11-13(12(2)22-17-11)9-18-4-6-19(7-5-18)15(20)14-10-21-8-3-16-14/h14,16H,3-10H2,1-2H3/t14-/m1/s1. The van der Waals surface area contributed by atoms with Crippen LogP contribution < -0.4 is 5.32 Å². The van der Waals surface area contributed by atoms with E-state index in [1.165, 1.54) is 5.56 Å². The molecule has 2 aliphatic heterocycles. The minimum Gasteiger partial charge on any atom is -0.378 e. The van der Waals surface area contributed by atoms with Gasteiger partial charge in [-0.25, -0.2) is 0 Å². The maximum atomic E-state index is 12.4. The van der Waals surface area contributed by atoms with Crippen LogP contribution in [-0.2, 0) is 16.1 Å². The normalized spacial score (nSPS) is 23.7. The van der Waals surface area contributed by atoms with E-state index >= 15 is 0 Å². The third-order valence-corrected chi connectivity index (χ3v) is 4.47. The monoisotopic (exact) mass is 308 g/mol. The molecule has 0 radical (unpaired) electrons. The fraction of sp³-hybridized carbons (Fsp3) is 0.733. The van der Waals surface area contributed by atoms with Crippen LogP contribution in [0.3, 0.4) is 0 Å². The highest BCUT2D eigenvalue weighted by Crippen LogP contribution is 2.16.